The van der Waals surface area contributed by atoms with E-state index in [1.165, 1.54) is 12.1 Å². The van der Waals surface area contributed by atoms with Gasteiger partial charge in [-0.05, 0) is 24.3 Å². The molecule has 5 heteroatoms. The van der Waals surface area contributed by atoms with Crippen molar-refractivity contribution in [3.05, 3.63) is 47.7 Å². The van der Waals surface area contributed by atoms with Crippen LogP contribution in [-0.2, 0) is 0 Å². The Kier molecular flexibility index (Phi) is 2.91. The Balaban J connectivity index is 2.38. The summed E-state index contributed by atoms with van der Waals surface area (Å²) in [6.45, 7) is 0. The van der Waals surface area contributed by atoms with Gasteiger partial charge in [0.15, 0.2) is 0 Å². The summed E-state index contributed by atoms with van der Waals surface area (Å²) < 4.78 is 5.34. The SMILES string of the molecule is O=C(O)c1cccc(-c2ccc(C=NO)o2)c1. The minimum absolute atomic E-state index is 0.191. The van der Waals surface area contributed by atoms with Crippen LogP contribution in [0.5, 0.6) is 0 Å². The zero-order valence-electron chi connectivity index (χ0n) is 8.70. The molecule has 0 aliphatic heterocycles. The first kappa shape index (κ1) is 10.9. The fourth-order valence-electron chi connectivity index (χ4n) is 1.44. The Hall–Kier alpha value is -2.56. The summed E-state index contributed by atoms with van der Waals surface area (Å²) >= 11 is 0. The maximum Gasteiger partial charge on any atom is 0.335 e. The van der Waals surface area contributed by atoms with Crippen molar-refractivity contribution in [1.82, 2.24) is 0 Å². The topological polar surface area (TPSA) is 83.0 Å². The quantitative estimate of drug-likeness (QED) is 0.482. The van der Waals surface area contributed by atoms with Gasteiger partial charge in [0.2, 0.25) is 0 Å². The summed E-state index contributed by atoms with van der Waals surface area (Å²) in [7, 11) is 0. The molecule has 2 N–H and O–H groups in total. The van der Waals surface area contributed by atoms with Gasteiger partial charge >= 0.3 is 5.97 Å². The molecule has 2 rings (SSSR count). The van der Waals surface area contributed by atoms with Gasteiger partial charge in [-0.25, -0.2) is 4.79 Å². The van der Waals surface area contributed by atoms with Crippen LogP contribution >= 0.6 is 0 Å². The van der Waals surface area contributed by atoms with Crippen molar-refractivity contribution in [3.8, 4) is 11.3 Å². The van der Waals surface area contributed by atoms with E-state index in [-0.39, 0.29) is 5.56 Å². The number of hydrogen-bond donors (Lipinski definition) is 2. The van der Waals surface area contributed by atoms with Crippen LogP contribution in [0.3, 0.4) is 0 Å². The maximum atomic E-state index is 10.8. The molecule has 0 atom stereocenters. The normalized spacial score (nSPS) is 10.8. The lowest BCUT2D eigenvalue weighted by atomic mass is 10.1. The van der Waals surface area contributed by atoms with Gasteiger partial charge in [0, 0.05) is 5.56 Å². The van der Waals surface area contributed by atoms with Gasteiger partial charge in [-0.15, -0.1) is 0 Å². The van der Waals surface area contributed by atoms with Crippen molar-refractivity contribution in [2.75, 3.05) is 0 Å². The third kappa shape index (κ3) is 2.34. The number of benzene rings is 1. The average Bonchev–Trinajstić information content (AvgIpc) is 2.78. The molecule has 5 nitrogen and oxygen atoms in total. The summed E-state index contributed by atoms with van der Waals surface area (Å²) in [5.74, 6) is -0.0817. The van der Waals surface area contributed by atoms with Crippen LogP contribution in [0.25, 0.3) is 11.3 Å². The first-order valence-electron chi connectivity index (χ1n) is 4.81. The summed E-state index contributed by atoms with van der Waals surface area (Å²) in [6.07, 6.45) is 1.16. The summed E-state index contributed by atoms with van der Waals surface area (Å²) in [5.41, 5.74) is 0.846. The Bertz CT molecular complexity index is 571. The zero-order chi connectivity index (χ0) is 12.3. The van der Waals surface area contributed by atoms with Crippen LogP contribution in [0, 0.1) is 0 Å². The predicted octanol–water partition coefficient (Wildman–Crippen LogP) is 2.45. The number of carboxylic acid groups (broad SMARTS) is 1. The molecular formula is C12H9NO4. The first-order valence-corrected chi connectivity index (χ1v) is 4.81. The third-order valence-corrected chi connectivity index (χ3v) is 2.21. The lowest BCUT2D eigenvalue weighted by Crippen LogP contribution is -1.95. The molecule has 1 aromatic carbocycles. The molecule has 2 aromatic rings. The fraction of sp³-hybridized carbons (Fsp3) is 0. The van der Waals surface area contributed by atoms with Crippen molar-refractivity contribution in [1.29, 1.82) is 0 Å². The van der Waals surface area contributed by atoms with Crippen molar-refractivity contribution in [3.63, 3.8) is 0 Å². The number of aromatic carboxylic acids is 1. The molecule has 17 heavy (non-hydrogen) atoms. The second kappa shape index (κ2) is 4.52. The Morgan fingerprint density at radius 1 is 1.29 bits per heavy atom. The van der Waals surface area contributed by atoms with Crippen molar-refractivity contribution < 1.29 is 19.5 Å². The fourth-order valence-corrected chi connectivity index (χ4v) is 1.44. The number of carboxylic acids is 1. The Labute approximate surface area is 96.6 Å². The molecule has 0 spiro atoms. The highest BCUT2D eigenvalue weighted by Crippen LogP contribution is 2.22. The molecule has 0 unspecified atom stereocenters. The molecule has 0 aliphatic rings. The smallest absolute Gasteiger partial charge is 0.335 e. The van der Waals surface area contributed by atoms with Crippen molar-refractivity contribution >= 4 is 12.2 Å². The van der Waals surface area contributed by atoms with E-state index in [1.807, 2.05) is 0 Å². The molecule has 0 aliphatic carbocycles. The van der Waals surface area contributed by atoms with E-state index in [1.54, 1.807) is 24.3 Å². The molecule has 1 aromatic heterocycles. The molecule has 0 fully saturated rings. The summed E-state index contributed by atoms with van der Waals surface area (Å²) in [5, 5.41) is 20.1. The van der Waals surface area contributed by atoms with E-state index in [4.69, 9.17) is 14.7 Å². The number of rotatable bonds is 3. The maximum absolute atomic E-state index is 10.8. The minimum Gasteiger partial charge on any atom is -0.478 e. The monoisotopic (exact) mass is 231 g/mol. The molecule has 0 saturated carbocycles. The number of nitrogens with zero attached hydrogens (tertiary/aromatic N) is 1. The van der Waals surface area contributed by atoms with Gasteiger partial charge in [-0.2, -0.15) is 0 Å². The Morgan fingerprint density at radius 2 is 2.12 bits per heavy atom. The number of oxime groups is 1. The van der Waals surface area contributed by atoms with E-state index in [0.717, 1.165) is 6.21 Å². The van der Waals surface area contributed by atoms with Crippen LogP contribution in [0.2, 0.25) is 0 Å². The van der Waals surface area contributed by atoms with E-state index in [2.05, 4.69) is 5.16 Å². The van der Waals surface area contributed by atoms with Crippen LogP contribution in [-0.4, -0.2) is 22.5 Å². The van der Waals surface area contributed by atoms with Crippen LogP contribution < -0.4 is 0 Å². The van der Waals surface area contributed by atoms with Gasteiger partial charge in [-0.1, -0.05) is 17.3 Å². The van der Waals surface area contributed by atoms with Crippen LogP contribution in [0.4, 0.5) is 0 Å². The van der Waals surface area contributed by atoms with Crippen LogP contribution in [0.1, 0.15) is 16.1 Å². The predicted molar refractivity (Wildman–Crippen MR) is 60.5 cm³/mol. The van der Waals surface area contributed by atoms with Crippen molar-refractivity contribution in [2.24, 2.45) is 5.16 Å². The van der Waals surface area contributed by atoms with E-state index in [9.17, 15) is 4.79 Å². The standard InChI is InChI=1S/C12H9NO4/c14-12(15)9-3-1-2-8(6-9)11-5-4-10(17-11)7-13-16/h1-7,16H,(H,14,15). The van der Waals surface area contributed by atoms with Gasteiger partial charge < -0.3 is 14.7 Å². The first-order chi connectivity index (χ1) is 8.20. The lowest BCUT2D eigenvalue weighted by Gasteiger charge is -1.98. The highest BCUT2D eigenvalue weighted by molar-refractivity contribution is 5.89. The average molecular weight is 231 g/mol. The highest BCUT2D eigenvalue weighted by Gasteiger charge is 2.07. The zero-order valence-corrected chi connectivity index (χ0v) is 8.70. The second-order valence-electron chi connectivity index (χ2n) is 3.33. The highest BCUT2D eigenvalue weighted by atomic mass is 16.4. The molecule has 0 bridgehead atoms. The van der Waals surface area contributed by atoms with E-state index < -0.39 is 5.97 Å². The largest absolute Gasteiger partial charge is 0.478 e. The summed E-state index contributed by atoms with van der Waals surface area (Å²) in [6, 6.07) is 9.71. The van der Waals surface area contributed by atoms with Crippen LogP contribution in [0.15, 0.2) is 46.0 Å². The molecule has 0 amide bonds. The van der Waals surface area contributed by atoms with Gasteiger partial charge in [0.05, 0.1) is 5.56 Å². The van der Waals surface area contributed by atoms with Crippen molar-refractivity contribution in [2.45, 2.75) is 0 Å². The van der Waals surface area contributed by atoms with E-state index >= 15 is 0 Å². The van der Waals surface area contributed by atoms with E-state index in [0.29, 0.717) is 17.1 Å². The molecule has 0 saturated heterocycles. The summed E-state index contributed by atoms with van der Waals surface area (Å²) in [4.78, 5) is 10.8. The molecule has 0 radical (unpaired) electrons. The number of furan rings is 1. The Morgan fingerprint density at radius 3 is 2.82 bits per heavy atom. The van der Waals surface area contributed by atoms with Gasteiger partial charge in [0.25, 0.3) is 0 Å². The molecule has 1 heterocycles. The minimum atomic E-state index is -0.990. The number of carbonyl (C=O) groups is 1. The van der Waals surface area contributed by atoms with Gasteiger partial charge in [0.1, 0.15) is 17.7 Å². The molecular weight excluding hydrogens is 222 g/mol. The second-order valence-corrected chi connectivity index (χ2v) is 3.33. The molecule has 86 valence electrons. The number of hydrogen-bond acceptors (Lipinski definition) is 4. The third-order valence-electron chi connectivity index (χ3n) is 2.21. The van der Waals surface area contributed by atoms with Gasteiger partial charge in [-0.3, -0.25) is 0 Å². The lowest BCUT2D eigenvalue weighted by molar-refractivity contribution is 0.0697.